The van der Waals surface area contributed by atoms with Gasteiger partial charge in [-0.15, -0.1) is 0 Å². The molecule has 0 radical (unpaired) electrons. The highest BCUT2D eigenvalue weighted by Gasteiger charge is 2.32. The molecule has 2 saturated heterocycles. The third-order valence-corrected chi connectivity index (χ3v) is 4.21. The topological polar surface area (TPSA) is 52.7 Å². The number of likely N-dealkylation sites (tertiary alicyclic amines) is 2. The van der Waals surface area contributed by atoms with Gasteiger partial charge in [0.25, 0.3) is 0 Å². The first-order chi connectivity index (χ1) is 9.22. The predicted molar refractivity (Wildman–Crippen MR) is 73.7 cm³/mol. The van der Waals surface area contributed by atoms with E-state index in [4.69, 9.17) is 0 Å². The van der Waals surface area contributed by atoms with Crippen LogP contribution >= 0.6 is 0 Å². The van der Waals surface area contributed by atoms with Gasteiger partial charge in [0, 0.05) is 20.1 Å². The smallest absolute Gasteiger partial charge is 0.237 e. The third-order valence-electron chi connectivity index (χ3n) is 4.21. The fourth-order valence-electron chi connectivity index (χ4n) is 3.07. The lowest BCUT2D eigenvalue weighted by Gasteiger charge is -2.27. The van der Waals surface area contributed by atoms with Crippen molar-refractivity contribution in [1.29, 1.82) is 0 Å². The molecule has 108 valence electrons. The van der Waals surface area contributed by atoms with Crippen molar-refractivity contribution >= 4 is 11.8 Å². The lowest BCUT2D eigenvalue weighted by Crippen LogP contribution is -2.47. The average molecular weight is 267 g/mol. The molecule has 0 spiro atoms. The minimum absolute atomic E-state index is 0.0427. The number of rotatable bonds is 3. The first-order valence-corrected chi connectivity index (χ1v) is 7.46. The zero-order valence-electron chi connectivity index (χ0n) is 11.9. The van der Waals surface area contributed by atoms with Crippen molar-refractivity contribution in [3.8, 4) is 0 Å². The summed E-state index contributed by atoms with van der Waals surface area (Å²) in [7, 11) is 1.66. The van der Waals surface area contributed by atoms with E-state index in [-0.39, 0.29) is 17.9 Å². The number of carbonyl (C=O) groups is 2. The van der Waals surface area contributed by atoms with Crippen LogP contribution in [0, 0.1) is 0 Å². The number of hydrogen-bond donors (Lipinski definition) is 1. The van der Waals surface area contributed by atoms with E-state index in [2.05, 4.69) is 5.32 Å². The van der Waals surface area contributed by atoms with E-state index < -0.39 is 0 Å². The Labute approximate surface area is 115 Å². The van der Waals surface area contributed by atoms with Crippen LogP contribution in [0.4, 0.5) is 0 Å². The summed E-state index contributed by atoms with van der Waals surface area (Å²) in [6.45, 7) is 3.03. The molecule has 0 aliphatic carbocycles. The molecule has 0 aromatic rings. The maximum atomic E-state index is 12.3. The van der Waals surface area contributed by atoms with Crippen LogP contribution < -0.4 is 5.32 Å². The molecule has 0 aromatic heterocycles. The van der Waals surface area contributed by atoms with E-state index in [1.807, 2.05) is 9.80 Å². The Bertz CT molecular complexity index is 325. The number of nitrogens with zero attached hydrogens (tertiary/aromatic N) is 2. The van der Waals surface area contributed by atoms with Crippen LogP contribution in [0.25, 0.3) is 0 Å². The highest BCUT2D eigenvalue weighted by molar-refractivity contribution is 5.83. The molecule has 19 heavy (non-hydrogen) atoms. The SMILES string of the molecule is CNC(=O)C1CCCN1CC(=O)N1CCCCCC1. The maximum absolute atomic E-state index is 12.3. The average Bonchev–Trinajstić information content (AvgIpc) is 2.71. The minimum Gasteiger partial charge on any atom is -0.358 e. The zero-order valence-corrected chi connectivity index (χ0v) is 11.9. The van der Waals surface area contributed by atoms with E-state index >= 15 is 0 Å². The van der Waals surface area contributed by atoms with Gasteiger partial charge in [0.2, 0.25) is 11.8 Å². The molecule has 1 atom stereocenters. The van der Waals surface area contributed by atoms with Crippen molar-refractivity contribution in [2.45, 2.75) is 44.6 Å². The Kier molecular flexibility index (Phi) is 5.19. The second kappa shape index (κ2) is 6.89. The van der Waals surface area contributed by atoms with E-state index in [9.17, 15) is 9.59 Å². The van der Waals surface area contributed by atoms with Crippen molar-refractivity contribution in [1.82, 2.24) is 15.1 Å². The normalized spacial score (nSPS) is 25.1. The summed E-state index contributed by atoms with van der Waals surface area (Å²) in [5.41, 5.74) is 0. The lowest BCUT2D eigenvalue weighted by molar-refractivity contribution is -0.134. The van der Waals surface area contributed by atoms with Gasteiger partial charge in [-0.05, 0) is 32.2 Å². The molecule has 5 nitrogen and oxygen atoms in total. The molecule has 2 heterocycles. The second-order valence-corrected chi connectivity index (χ2v) is 5.54. The monoisotopic (exact) mass is 267 g/mol. The lowest BCUT2D eigenvalue weighted by atomic mass is 10.2. The van der Waals surface area contributed by atoms with Gasteiger partial charge >= 0.3 is 0 Å². The van der Waals surface area contributed by atoms with Gasteiger partial charge in [0.15, 0.2) is 0 Å². The number of amides is 2. The molecule has 0 saturated carbocycles. The molecule has 5 heteroatoms. The third kappa shape index (κ3) is 3.69. The molecule has 0 bridgehead atoms. The quantitative estimate of drug-likeness (QED) is 0.814. The summed E-state index contributed by atoms with van der Waals surface area (Å²) >= 11 is 0. The second-order valence-electron chi connectivity index (χ2n) is 5.54. The van der Waals surface area contributed by atoms with Crippen LogP contribution in [0.3, 0.4) is 0 Å². The molecule has 2 rings (SSSR count). The van der Waals surface area contributed by atoms with Crippen molar-refractivity contribution in [2.24, 2.45) is 0 Å². The van der Waals surface area contributed by atoms with Gasteiger partial charge in [-0.25, -0.2) is 0 Å². The summed E-state index contributed by atoms with van der Waals surface area (Å²) in [5.74, 6) is 0.235. The highest BCUT2D eigenvalue weighted by atomic mass is 16.2. The van der Waals surface area contributed by atoms with E-state index in [0.29, 0.717) is 6.54 Å². The molecule has 1 unspecified atom stereocenters. The number of nitrogens with one attached hydrogen (secondary N) is 1. The van der Waals surface area contributed by atoms with Gasteiger partial charge < -0.3 is 10.2 Å². The summed E-state index contributed by atoms with van der Waals surface area (Å²) in [4.78, 5) is 28.1. The molecular formula is C14H25N3O2. The van der Waals surface area contributed by atoms with E-state index in [1.165, 1.54) is 12.8 Å². The van der Waals surface area contributed by atoms with Crippen LogP contribution in [-0.2, 0) is 9.59 Å². The Morgan fingerprint density at radius 1 is 1.05 bits per heavy atom. The van der Waals surface area contributed by atoms with Gasteiger partial charge in [-0.1, -0.05) is 12.8 Å². The first kappa shape index (κ1) is 14.3. The van der Waals surface area contributed by atoms with Crippen molar-refractivity contribution in [3.63, 3.8) is 0 Å². The fraction of sp³-hybridized carbons (Fsp3) is 0.857. The Hall–Kier alpha value is -1.10. The molecule has 2 amide bonds. The van der Waals surface area contributed by atoms with Crippen LogP contribution in [0.5, 0.6) is 0 Å². The zero-order chi connectivity index (χ0) is 13.7. The predicted octanol–water partition coefficient (Wildman–Crippen LogP) is 0.599. The van der Waals surface area contributed by atoms with Crippen LogP contribution in [-0.4, -0.2) is 60.9 Å². The number of likely N-dealkylation sites (N-methyl/N-ethyl adjacent to an activating group) is 1. The largest absolute Gasteiger partial charge is 0.358 e. The molecular weight excluding hydrogens is 242 g/mol. The molecule has 0 aromatic carbocycles. The summed E-state index contributed by atoms with van der Waals surface area (Å²) in [6.07, 6.45) is 6.57. The van der Waals surface area contributed by atoms with Gasteiger partial charge in [-0.3, -0.25) is 14.5 Å². The number of hydrogen-bond acceptors (Lipinski definition) is 3. The minimum atomic E-state index is -0.110. The Morgan fingerprint density at radius 3 is 2.37 bits per heavy atom. The summed E-state index contributed by atoms with van der Waals surface area (Å²) in [5, 5.41) is 2.69. The first-order valence-electron chi connectivity index (χ1n) is 7.46. The van der Waals surface area contributed by atoms with Crippen molar-refractivity contribution < 1.29 is 9.59 Å². The Morgan fingerprint density at radius 2 is 1.74 bits per heavy atom. The van der Waals surface area contributed by atoms with E-state index in [0.717, 1.165) is 45.3 Å². The van der Waals surface area contributed by atoms with Gasteiger partial charge in [0.05, 0.1) is 12.6 Å². The van der Waals surface area contributed by atoms with Gasteiger partial charge in [0.1, 0.15) is 0 Å². The Balaban J connectivity index is 1.88. The van der Waals surface area contributed by atoms with Crippen LogP contribution in [0.15, 0.2) is 0 Å². The molecule has 1 N–H and O–H groups in total. The van der Waals surface area contributed by atoms with Crippen molar-refractivity contribution in [3.05, 3.63) is 0 Å². The standard InChI is InChI=1S/C14H25N3O2/c1-15-14(19)12-7-6-10-17(12)11-13(18)16-8-4-2-3-5-9-16/h12H,2-11H2,1H3,(H,15,19). The molecule has 2 fully saturated rings. The highest BCUT2D eigenvalue weighted by Crippen LogP contribution is 2.18. The maximum Gasteiger partial charge on any atom is 0.237 e. The summed E-state index contributed by atoms with van der Waals surface area (Å²) in [6, 6.07) is -0.110. The van der Waals surface area contributed by atoms with Crippen LogP contribution in [0.1, 0.15) is 38.5 Å². The number of carbonyl (C=O) groups excluding carboxylic acids is 2. The molecule has 2 aliphatic rings. The molecule has 2 aliphatic heterocycles. The van der Waals surface area contributed by atoms with Crippen molar-refractivity contribution in [2.75, 3.05) is 33.2 Å². The summed E-state index contributed by atoms with van der Waals surface area (Å²) < 4.78 is 0. The van der Waals surface area contributed by atoms with E-state index in [1.54, 1.807) is 7.05 Å². The fourth-order valence-corrected chi connectivity index (χ4v) is 3.07. The van der Waals surface area contributed by atoms with Gasteiger partial charge in [-0.2, -0.15) is 0 Å². The van der Waals surface area contributed by atoms with Crippen LogP contribution in [0.2, 0.25) is 0 Å².